The smallest absolute Gasteiger partial charge is 0.304 e. The van der Waals surface area contributed by atoms with Crippen LogP contribution in [0.25, 0.3) is 0 Å². The van der Waals surface area contributed by atoms with E-state index in [0.29, 0.717) is 22.7 Å². The van der Waals surface area contributed by atoms with Crippen molar-refractivity contribution < 1.29 is 17.7 Å². The third kappa shape index (κ3) is 3.86. The summed E-state index contributed by atoms with van der Waals surface area (Å²) in [5.74, 6) is 0. The second kappa shape index (κ2) is 6.64. The number of ether oxygens (including phenoxy) is 1. The lowest BCUT2D eigenvalue weighted by Crippen LogP contribution is -2.21. The molecule has 0 spiro atoms. The van der Waals surface area contributed by atoms with Crippen molar-refractivity contribution in [1.82, 2.24) is 0 Å². The number of hydrazone groups is 1. The molecule has 0 aromatic heterocycles. The van der Waals surface area contributed by atoms with Gasteiger partial charge in [-0.2, -0.15) is 8.42 Å². The first kappa shape index (κ1) is 17.4. The Hall–Kier alpha value is -2.98. The molecule has 128 valence electrons. The zero-order valence-corrected chi connectivity index (χ0v) is 13.6. The standard InChI is InChI=1S/C14H17N5O4S/c1-23-14(17)18-19(13-6-5-9(15)7-12(13)16)10-3-2-4-11(8-10)24(20,21)22/h2-8H,15-16H2,1H3,(H2,17,18)(H,20,21,22). The molecule has 0 saturated heterocycles. The molecule has 10 heteroatoms. The van der Waals surface area contributed by atoms with Gasteiger partial charge in [0, 0.05) is 5.69 Å². The van der Waals surface area contributed by atoms with Crippen molar-refractivity contribution in [3.05, 3.63) is 42.5 Å². The monoisotopic (exact) mass is 351 g/mol. The van der Waals surface area contributed by atoms with Gasteiger partial charge in [0.05, 0.1) is 29.1 Å². The predicted molar refractivity (Wildman–Crippen MR) is 92.3 cm³/mol. The molecule has 2 rings (SSSR count). The Morgan fingerprint density at radius 2 is 1.92 bits per heavy atom. The average molecular weight is 351 g/mol. The number of amidine groups is 1. The fourth-order valence-electron chi connectivity index (χ4n) is 1.93. The maximum absolute atomic E-state index is 11.3. The molecule has 24 heavy (non-hydrogen) atoms. The minimum absolute atomic E-state index is 0.177. The Labute approximate surface area is 139 Å². The van der Waals surface area contributed by atoms with Crippen molar-refractivity contribution in [1.29, 1.82) is 0 Å². The summed E-state index contributed by atoms with van der Waals surface area (Å²) >= 11 is 0. The van der Waals surface area contributed by atoms with Crippen molar-refractivity contribution in [3.8, 4) is 0 Å². The van der Waals surface area contributed by atoms with Gasteiger partial charge in [0.15, 0.2) is 0 Å². The number of hydrogen-bond acceptors (Lipinski definition) is 7. The summed E-state index contributed by atoms with van der Waals surface area (Å²) in [5, 5.41) is 5.34. The number of nitrogens with zero attached hydrogens (tertiary/aromatic N) is 2. The van der Waals surface area contributed by atoms with Crippen LogP contribution in [0.1, 0.15) is 0 Å². The van der Waals surface area contributed by atoms with Crippen molar-refractivity contribution in [3.63, 3.8) is 0 Å². The van der Waals surface area contributed by atoms with Crippen LogP contribution in [0.5, 0.6) is 0 Å². The molecule has 7 N–H and O–H groups in total. The fraction of sp³-hybridized carbons (Fsp3) is 0.0714. The Morgan fingerprint density at radius 1 is 1.21 bits per heavy atom. The van der Waals surface area contributed by atoms with Gasteiger partial charge in [0.2, 0.25) is 0 Å². The summed E-state index contributed by atoms with van der Waals surface area (Å²) in [6.45, 7) is 0. The van der Waals surface area contributed by atoms with Crippen molar-refractivity contribution >= 4 is 38.9 Å². The van der Waals surface area contributed by atoms with Crippen LogP contribution in [0.2, 0.25) is 0 Å². The van der Waals surface area contributed by atoms with Crippen molar-refractivity contribution in [2.75, 3.05) is 23.6 Å². The van der Waals surface area contributed by atoms with E-state index >= 15 is 0 Å². The van der Waals surface area contributed by atoms with Crippen LogP contribution in [0.3, 0.4) is 0 Å². The first-order chi connectivity index (χ1) is 11.2. The van der Waals surface area contributed by atoms with Crippen LogP contribution in [0.15, 0.2) is 52.5 Å². The number of hydrogen-bond donors (Lipinski definition) is 4. The van der Waals surface area contributed by atoms with Crippen LogP contribution in [0, 0.1) is 0 Å². The SMILES string of the molecule is COC(N)=NN(c1cccc(S(=O)(=O)O)c1)c1ccc(N)cc1N. The normalized spacial score (nSPS) is 12.0. The molecule has 0 aliphatic rings. The number of methoxy groups -OCH3 is 1. The van der Waals surface area contributed by atoms with Crippen LogP contribution >= 0.6 is 0 Å². The number of nitrogens with two attached hydrogens (primary N) is 3. The first-order valence-corrected chi connectivity index (χ1v) is 8.07. The van der Waals surface area contributed by atoms with E-state index in [1.807, 2.05) is 0 Å². The van der Waals surface area contributed by atoms with Gasteiger partial charge >= 0.3 is 6.02 Å². The largest absolute Gasteiger partial charge is 0.467 e. The van der Waals surface area contributed by atoms with Crippen molar-refractivity contribution in [2.45, 2.75) is 4.90 Å². The van der Waals surface area contributed by atoms with Gasteiger partial charge < -0.3 is 21.9 Å². The average Bonchev–Trinajstić information content (AvgIpc) is 2.52. The molecule has 0 radical (unpaired) electrons. The fourth-order valence-corrected chi connectivity index (χ4v) is 2.45. The molecular formula is C14H17N5O4S. The molecular weight excluding hydrogens is 334 g/mol. The van der Waals surface area contributed by atoms with Gasteiger partial charge in [-0.25, -0.2) is 5.01 Å². The Bertz CT molecular complexity index is 882. The summed E-state index contributed by atoms with van der Waals surface area (Å²) in [5.41, 5.74) is 18.7. The van der Waals surface area contributed by atoms with Crippen LogP contribution in [0.4, 0.5) is 22.7 Å². The van der Waals surface area contributed by atoms with Gasteiger partial charge in [-0.1, -0.05) is 6.07 Å². The maximum atomic E-state index is 11.3. The molecule has 0 unspecified atom stereocenters. The maximum Gasteiger partial charge on any atom is 0.304 e. The third-order valence-corrected chi connectivity index (χ3v) is 3.90. The van der Waals surface area contributed by atoms with Crippen molar-refractivity contribution in [2.24, 2.45) is 10.8 Å². The van der Waals surface area contributed by atoms with E-state index in [9.17, 15) is 13.0 Å². The minimum Gasteiger partial charge on any atom is -0.467 e. The number of benzene rings is 2. The number of rotatable bonds is 4. The molecule has 2 aromatic carbocycles. The second-order valence-electron chi connectivity index (χ2n) is 4.74. The van der Waals surface area contributed by atoms with Crippen LogP contribution in [-0.2, 0) is 14.9 Å². The van der Waals surface area contributed by atoms with Gasteiger partial charge in [-0.05, 0) is 36.4 Å². The van der Waals surface area contributed by atoms with Crippen LogP contribution in [-0.4, -0.2) is 26.1 Å². The molecule has 0 atom stereocenters. The van der Waals surface area contributed by atoms with Crippen LogP contribution < -0.4 is 22.2 Å². The minimum atomic E-state index is -4.38. The van der Waals surface area contributed by atoms with E-state index in [1.54, 1.807) is 18.2 Å². The number of anilines is 4. The molecule has 0 fully saturated rings. The Morgan fingerprint density at radius 3 is 2.50 bits per heavy atom. The summed E-state index contributed by atoms with van der Waals surface area (Å²) in [6, 6.07) is 10.0. The van der Waals surface area contributed by atoms with Gasteiger partial charge in [0.1, 0.15) is 0 Å². The lowest BCUT2D eigenvalue weighted by atomic mass is 10.2. The molecule has 0 amide bonds. The van der Waals surface area contributed by atoms with Gasteiger partial charge in [-0.15, -0.1) is 5.10 Å². The van der Waals surface area contributed by atoms with Gasteiger partial charge in [0.25, 0.3) is 10.1 Å². The van der Waals surface area contributed by atoms with E-state index in [-0.39, 0.29) is 10.9 Å². The lowest BCUT2D eigenvalue weighted by molar-refractivity contribution is 0.394. The molecule has 0 bridgehead atoms. The molecule has 2 aromatic rings. The lowest BCUT2D eigenvalue weighted by Gasteiger charge is -2.21. The van der Waals surface area contributed by atoms with Gasteiger partial charge in [-0.3, -0.25) is 4.55 Å². The molecule has 0 saturated carbocycles. The van der Waals surface area contributed by atoms with E-state index < -0.39 is 10.1 Å². The predicted octanol–water partition coefficient (Wildman–Crippen LogP) is 1.11. The highest BCUT2D eigenvalue weighted by molar-refractivity contribution is 7.85. The highest BCUT2D eigenvalue weighted by Crippen LogP contribution is 2.33. The Kier molecular flexibility index (Phi) is 4.81. The summed E-state index contributed by atoms with van der Waals surface area (Å²) in [6.07, 6.45) is 0. The summed E-state index contributed by atoms with van der Waals surface area (Å²) in [7, 11) is -3.05. The molecule has 0 heterocycles. The summed E-state index contributed by atoms with van der Waals surface area (Å²) in [4.78, 5) is -0.301. The number of nitrogen functional groups attached to an aromatic ring is 2. The zero-order valence-electron chi connectivity index (χ0n) is 12.7. The first-order valence-electron chi connectivity index (χ1n) is 6.63. The molecule has 0 aliphatic heterocycles. The highest BCUT2D eigenvalue weighted by Gasteiger charge is 2.17. The third-order valence-electron chi connectivity index (χ3n) is 3.05. The second-order valence-corrected chi connectivity index (χ2v) is 6.17. The highest BCUT2D eigenvalue weighted by atomic mass is 32.2. The summed E-state index contributed by atoms with van der Waals surface area (Å²) < 4.78 is 36.7. The molecule has 0 aliphatic carbocycles. The zero-order chi connectivity index (χ0) is 17.9. The quantitative estimate of drug-likeness (QED) is 0.210. The topological polar surface area (TPSA) is 157 Å². The van der Waals surface area contributed by atoms with E-state index in [4.69, 9.17) is 21.9 Å². The molecule has 9 nitrogen and oxygen atoms in total. The van der Waals surface area contributed by atoms with E-state index in [0.717, 1.165) is 0 Å². The van der Waals surface area contributed by atoms with E-state index in [2.05, 4.69) is 5.10 Å². The Balaban J connectivity index is 2.64. The van der Waals surface area contributed by atoms with E-state index in [1.165, 1.54) is 36.4 Å².